The summed E-state index contributed by atoms with van der Waals surface area (Å²) in [6.07, 6.45) is 3.17. The number of nitrogens with one attached hydrogen (secondary N) is 1. The molecule has 2 amide bonds. The Labute approximate surface area is 190 Å². The quantitative estimate of drug-likeness (QED) is 0.471. The van der Waals surface area contributed by atoms with Crippen LogP contribution < -0.4 is 10.2 Å². The predicted molar refractivity (Wildman–Crippen MR) is 129 cm³/mol. The molecule has 0 aliphatic carbocycles. The molecule has 0 saturated heterocycles. The number of anilines is 2. The average Bonchev–Trinajstić information content (AvgIpc) is 3.40. The first-order chi connectivity index (χ1) is 15.6. The molecule has 0 saturated carbocycles. The standard InChI is InChI=1S/C26H23N3O2S/c1-18-20(13-16-32-18)17-25(30)27-21-10-8-19(9-11-21)26(31)29-15-12-22-5-4-14-28(22)23-6-2-3-7-24(23)29/h2-11,13-14,16H,12,15,17H2,1H3,(H,27,30). The van der Waals surface area contributed by atoms with Crippen molar-refractivity contribution in [1.29, 1.82) is 0 Å². The van der Waals surface area contributed by atoms with Crippen LogP contribution in [0.4, 0.5) is 11.4 Å². The fourth-order valence-electron chi connectivity index (χ4n) is 4.13. The third-order valence-electron chi connectivity index (χ3n) is 5.83. The molecule has 0 atom stereocenters. The van der Waals surface area contributed by atoms with Crippen molar-refractivity contribution in [3.63, 3.8) is 0 Å². The van der Waals surface area contributed by atoms with Gasteiger partial charge in [0, 0.05) is 41.0 Å². The van der Waals surface area contributed by atoms with Crippen molar-refractivity contribution in [2.75, 3.05) is 16.8 Å². The molecule has 32 heavy (non-hydrogen) atoms. The Morgan fingerprint density at radius 2 is 1.75 bits per heavy atom. The molecule has 0 fully saturated rings. The minimum absolute atomic E-state index is 0.0463. The van der Waals surface area contributed by atoms with Crippen molar-refractivity contribution in [3.8, 4) is 5.69 Å². The van der Waals surface area contributed by atoms with Gasteiger partial charge in [-0.1, -0.05) is 12.1 Å². The Morgan fingerprint density at radius 1 is 0.969 bits per heavy atom. The van der Waals surface area contributed by atoms with E-state index in [-0.39, 0.29) is 11.8 Å². The van der Waals surface area contributed by atoms with E-state index in [1.54, 1.807) is 35.6 Å². The Hall–Kier alpha value is -3.64. The van der Waals surface area contributed by atoms with Gasteiger partial charge < -0.3 is 14.8 Å². The molecular formula is C26H23N3O2S. The number of amides is 2. The van der Waals surface area contributed by atoms with Gasteiger partial charge in [-0.05, 0) is 72.5 Å². The predicted octanol–water partition coefficient (Wildman–Crippen LogP) is 5.23. The van der Waals surface area contributed by atoms with Crippen LogP contribution in [0.25, 0.3) is 5.69 Å². The summed E-state index contributed by atoms with van der Waals surface area (Å²) in [4.78, 5) is 28.8. The molecule has 4 aromatic rings. The van der Waals surface area contributed by atoms with E-state index in [2.05, 4.69) is 16.0 Å². The summed E-state index contributed by atoms with van der Waals surface area (Å²) in [5.74, 6) is -0.107. The van der Waals surface area contributed by atoms with E-state index >= 15 is 0 Å². The third-order valence-corrected chi connectivity index (χ3v) is 6.72. The molecule has 6 heteroatoms. The topological polar surface area (TPSA) is 54.3 Å². The smallest absolute Gasteiger partial charge is 0.258 e. The molecule has 0 unspecified atom stereocenters. The number of benzene rings is 2. The molecule has 1 N–H and O–H groups in total. The van der Waals surface area contributed by atoms with Gasteiger partial charge >= 0.3 is 0 Å². The minimum Gasteiger partial charge on any atom is -0.326 e. The van der Waals surface area contributed by atoms with Crippen LogP contribution in [0.2, 0.25) is 0 Å². The number of aryl methyl sites for hydroxylation is 1. The van der Waals surface area contributed by atoms with Gasteiger partial charge in [-0.15, -0.1) is 11.3 Å². The fourth-order valence-corrected chi connectivity index (χ4v) is 4.86. The summed E-state index contributed by atoms with van der Waals surface area (Å²) in [6.45, 7) is 2.63. The Morgan fingerprint density at radius 3 is 2.50 bits per heavy atom. The lowest BCUT2D eigenvalue weighted by molar-refractivity contribution is -0.115. The van der Waals surface area contributed by atoms with Gasteiger partial charge in [-0.25, -0.2) is 0 Å². The highest BCUT2D eigenvalue weighted by molar-refractivity contribution is 7.10. The largest absolute Gasteiger partial charge is 0.326 e. The number of hydrogen-bond acceptors (Lipinski definition) is 3. The Bertz CT molecular complexity index is 1290. The van der Waals surface area contributed by atoms with Crippen molar-refractivity contribution in [2.45, 2.75) is 19.8 Å². The molecule has 5 nitrogen and oxygen atoms in total. The van der Waals surface area contributed by atoms with E-state index in [0.29, 0.717) is 24.2 Å². The van der Waals surface area contributed by atoms with Crippen LogP contribution in [-0.2, 0) is 17.6 Å². The van der Waals surface area contributed by atoms with E-state index in [9.17, 15) is 9.59 Å². The van der Waals surface area contributed by atoms with E-state index in [0.717, 1.165) is 28.2 Å². The number of rotatable bonds is 4. The van der Waals surface area contributed by atoms with Crippen LogP contribution in [0, 0.1) is 6.92 Å². The van der Waals surface area contributed by atoms with Crippen LogP contribution in [0.1, 0.15) is 26.5 Å². The summed E-state index contributed by atoms with van der Waals surface area (Å²) in [5, 5.41) is 4.92. The van der Waals surface area contributed by atoms with Gasteiger partial charge in [-0.2, -0.15) is 0 Å². The minimum atomic E-state index is -0.0612. The first-order valence-corrected chi connectivity index (χ1v) is 11.5. The Balaban J connectivity index is 1.33. The number of thiophene rings is 1. The summed E-state index contributed by atoms with van der Waals surface area (Å²) >= 11 is 1.64. The molecule has 1 aliphatic rings. The lowest BCUT2D eigenvalue weighted by atomic mass is 10.1. The van der Waals surface area contributed by atoms with Crippen LogP contribution in [0.5, 0.6) is 0 Å². The van der Waals surface area contributed by atoms with Gasteiger partial charge in [0.15, 0.2) is 0 Å². The molecule has 2 aromatic heterocycles. The number of carbonyl (C=O) groups excluding carboxylic acids is 2. The number of para-hydroxylation sites is 2. The number of aromatic nitrogens is 1. The van der Waals surface area contributed by atoms with Crippen LogP contribution in [0.15, 0.2) is 78.3 Å². The second-order valence-electron chi connectivity index (χ2n) is 7.87. The molecule has 0 bridgehead atoms. The normalized spacial score (nSPS) is 12.6. The zero-order chi connectivity index (χ0) is 22.1. The van der Waals surface area contributed by atoms with Gasteiger partial charge in [0.2, 0.25) is 5.91 Å². The van der Waals surface area contributed by atoms with E-state index in [4.69, 9.17) is 0 Å². The van der Waals surface area contributed by atoms with Crippen molar-refractivity contribution in [1.82, 2.24) is 4.57 Å². The molecule has 0 spiro atoms. The molecular weight excluding hydrogens is 418 g/mol. The second-order valence-corrected chi connectivity index (χ2v) is 8.99. The number of carbonyl (C=O) groups is 2. The number of nitrogens with zero attached hydrogens (tertiary/aromatic N) is 2. The fraction of sp³-hybridized carbons (Fsp3) is 0.154. The van der Waals surface area contributed by atoms with Crippen molar-refractivity contribution < 1.29 is 9.59 Å². The van der Waals surface area contributed by atoms with Crippen molar-refractivity contribution in [3.05, 3.63) is 100 Å². The highest BCUT2D eigenvalue weighted by atomic mass is 32.1. The zero-order valence-electron chi connectivity index (χ0n) is 17.7. The van der Waals surface area contributed by atoms with Crippen molar-refractivity contribution >= 4 is 34.5 Å². The molecule has 2 aromatic carbocycles. The lowest BCUT2D eigenvalue weighted by Gasteiger charge is -2.23. The van der Waals surface area contributed by atoms with Gasteiger partial charge in [0.05, 0.1) is 17.8 Å². The first kappa shape index (κ1) is 20.3. The molecule has 1 aliphatic heterocycles. The van der Waals surface area contributed by atoms with Crippen LogP contribution >= 0.6 is 11.3 Å². The van der Waals surface area contributed by atoms with Crippen molar-refractivity contribution in [2.24, 2.45) is 0 Å². The summed E-state index contributed by atoms with van der Waals surface area (Å²) < 4.78 is 2.15. The summed E-state index contributed by atoms with van der Waals surface area (Å²) in [5.41, 5.74) is 5.42. The summed E-state index contributed by atoms with van der Waals surface area (Å²) in [7, 11) is 0. The maximum absolute atomic E-state index is 13.4. The molecule has 0 radical (unpaired) electrons. The molecule has 5 rings (SSSR count). The number of fused-ring (bicyclic) bond motifs is 3. The van der Waals surface area contributed by atoms with Gasteiger partial charge in [0.1, 0.15) is 0 Å². The lowest BCUT2D eigenvalue weighted by Crippen LogP contribution is -2.32. The van der Waals surface area contributed by atoms with Gasteiger partial charge in [0.25, 0.3) is 5.91 Å². The Kier molecular flexibility index (Phi) is 5.37. The summed E-state index contributed by atoms with van der Waals surface area (Å²) in [6, 6.07) is 21.2. The van der Waals surface area contributed by atoms with E-state index < -0.39 is 0 Å². The maximum Gasteiger partial charge on any atom is 0.258 e. The monoisotopic (exact) mass is 441 g/mol. The molecule has 3 heterocycles. The van der Waals surface area contributed by atoms with Crippen LogP contribution in [-0.4, -0.2) is 22.9 Å². The zero-order valence-corrected chi connectivity index (χ0v) is 18.6. The average molecular weight is 442 g/mol. The van der Waals surface area contributed by atoms with Gasteiger partial charge in [-0.3, -0.25) is 9.59 Å². The molecule has 160 valence electrons. The third kappa shape index (κ3) is 3.85. The highest BCUT2D eigenvalue weighted by Gasteiger charge is 2.24. The first-order valence-electron chi connectivity index (χ1n) is 10.6. The highest BCUT2D eigenvalue weighted by Crippen LogP contribution is 2.30. The van der Waals surface area contributed by atoms with E-state index in [1.165, 1.54) is 5.69 Å². The van der Waals surface area contributed by atoms with E-state index in [1.807, 2.05) is 59.8 Å². The second kappa shape index (κ2) is 8.48. The SMILES string of the molecule is Cc1sccc1CC(=O)Nc1ccc(C(=O)N2CCc3cccn3-c3ccccc32)cc1. The van der Waals surface area contributed by atoms with Crippen LogP contribution in [0.3, 0.4) is 0 Å². The number of hydrogen-bond donors (Lipinski definition) is 1. The maximum atomic E-state index is 13.4.